The molecule has 4 rings (SSSR count). The molecule has 32 heavy (non-hydrogen) atoms. The largest absolute Gasteiger partial charge is 0.497 e. The summed E-state index contributed by atoms with van der Waals surface area (Å²) in [6.45, 7) is 2.42. The molecule has 0 aromatic heterocycles. The van der Waals surface area contributed by atoms with E-state index in [9.17, 15) is 0 Å². The van der Waals surface area contributed by atoms with E-state index in [0.717, 1.165) is 11.5 Å². The van der Waals surface area contributed by atoms with Crippen molar-refractivity contribution in [3.63, 3.8) is 0 Å². The summed E-state index contributed by atoms with van der Waals surface area (Å²) in [7, 11) is 2.27. The molecule has 0 aliphatic heterocycles. The van der Waals surface area contributed by atoms with E-state index >= 15 is 0 Å². The van der Waals surface area contributed by atoms with E-state index in [-0.39, 0.29) is 0 Å². The highest BCUT2D eigenvalue weighted by atomic mass is 31.2. The minimum Gasteiger partial charge on any atom is -0.497 e. The number of hydrogen-bond donors (Lipinski definition) is 0. The third-order valence-electron chi connectivity index (χ3n) is 5.52. The molecule has 0 amide bonds. The van der Waals surface area contributed by atoms with Gasteiger partial charge in [0.2, 0.25) is 0 Å². The van der Waals surface area contributed by atoms with Gasteiger partial charge in [-0.15, -0.1) is 0 Å². The molecule has 0 fully saturated rings. The van der Waals surface area contributed by atoms with Crippen LogP contribution in [0.5, 0.6) is 11.5 Å². The number of ether oxygens (including phenoxy) is 2. The first-order chi connectivity index (χ1) is 15.7. The first-order valence-electron chi connectivity index (χ1n) is 10.7. The van der Waals surface area contributed by atoms with Crippen molar-refractivity contribution in [2.24, 2.45) is 0 Å². The van der Waals surface area contributed by atoms with E-state index in [0.29, 0.717) is 5.40 Å². The predicted octanol–water partition coefficient (Wildman–Crippen LogP) is 5.62. The molecule has 4 heteroatoms. The fraction of sp³-hybridized carbons (Fsp3) is 0.143. The minimum atomic E-state index is -0.585. The topological polar surface area (TPSA) is 18.5 Å². The zero-order valence-electron chi connectivity index (χ0n) is 18.7. The van der Waals surface area contributed by atoms with Gasteiger partial charge < -0.3 is 9.47 Å². The van der Waals surface area contributed by atoms with Crippen molar-refractivity contribution >= 4 is 37.1 Å². The molecule has 0 radical (unpaired) electrons. The van der Waals surface area contributed by atoms with Crippen LogP contribution in [0.25, 0.3) is 0 Å². The van der Waals surface area contributed by atoms with Crippen molar-refractivity contribution in [2.75, 3.05) is 14.2 Å². The summed E-state index contributed by atoms with van der Waals surface area (Å²) in [5.41, 5.74) is 0. The summed E-state index contributed by atoms with van der Waals surface area (Å²) < 4.78 is 10.8. The molecule has 0 heterocycles. The average Bonchev–Trinajstić information content (AvgIpc) is 2.86. The van der Waals surface area contributed by atoms with E-state index < -0.39 is 15.8 Å². The summed E-state index contributed by atoms with van der Waals surface area (Å²) in [6, 6.07) is 39.2. The van der Waals surface area contributed by atoms with Gasteiger partial charge in [-0.1, -0.05) is 91.9 Å². The summed E-state index contributed by atoms with van der Waals surface area (Å²) in [5.74, 6) is 1.79. The Morgan fingerprint density at radius 2 is 0.781 bits per heavy atom. The lowest BCUT2D eigenvalue weighted by Gasteiger charge is -2.33. The summed E-state index contributed by atoms with van der Waals surface area (Å²) >= 11 is 0. The Balaban J connectivity index is 1.82. The second-order valence-corrected chi connectivity index (χ2v) is 12.9. The maximum atomic E-state index is 5.42. The molecule has 2 atom stereocenters. The van der Waals surface area contributed by atoms with Gasteiger partial charge in [-0.25, -0.2) is 0 Å². The third-order valence-corrected chi connectivity index (χ3v) is 11.8. The lowest BCUT2D eigenvalue weighted by molar-refractivity contribution is 0.415. The highest BCUT2D eigenvalue weighted by molar-refractivity contribution is 7.89. The summed E-state index contributed by atoms with van der Waals surface area (Å²) in [6.07, 6.45) is 0. The molecule has 0 bridgehead atoms. The third kappa shape index (κ3) is 5.04. The Morgan fingerprint density at radius 3 is 1.09 bits per heavy atom. The van der Waals surface area contributed by atoms with Gasteiger partial charge in [-0.3, -0.25) is 0 Å². The molecule has 162 valence electrons. The Hall–Kier alpha value is -2.66. The van der Waals surface area contributed by atoms with Crippen LogP contribution in [0.1, 0.15) is 6.92 Å². The van der Waals surface area contributed by atoms with Gasteiger partial charge >= 0.3 is 0 Å². The van der Waals surface area contributed by atoms with Crippen LogP contribution < -0.4 is 30.7 Å². The van der Waals surface area contributed by atoms with Crippen LogP contribution in [0.4, 0.5) is 0 Å². The smallest absolute Gasteiger partial charge is 0.118 e. The van der Waals surface area contributed by atoms with Gasteiger partial charge in [0.15, 0.2) is 0 Å². The van der Waals surface area contributed by atoms with E-state index in [1.165, 1.54) is 21.2 Å². The maximum absolute atomic E-state index is 5.42. The fourth-order valence-corrected chi connectivity index (χ4v) is 10.7. The molecule has 0 aliphatic carbocycles. The molecule has 0 spiro atoms. The lowest BCUT2D eigenvalue weighted by atomic mass is 10.3. The van der Waals surface area contributed by atoms with E-state index in [2.05, 4.69) is 116 Å². The Kier molecular flexibility index (Phi) is 7.59. The van der Waals surface area contributed by atoms with Gasteiger partial charge in [0, 0.05) is 5.40 Å². The van der Waals surface area contributed by atoms with Crippen LogP contribution in [-0.2, 0) is 0 Å². The van der Waals surface area contributed by atoms with Gasteiger partial charge in [0.1, 0.15) is 11.5 Å². The van der Waals surface area contributed by atoms with Crippen LogP contribution in [0, 0.1) is 0 Å². The van der Waals surface area contributed by atoms with Crippen LogP contribution in [0.15, 0.2) is 109 Å². The highest BCUT2D eigenvalue weighted by Crippen LogP contribution is 2.56. The number of methoxy groups -OCH3 is 2. The number of hydrogen-bond acceptors (Lipinski definition) is 2. The van der Waals surface area contributed by atoms with Crippen molar-refractivity contribution in [3.8, 4) is 11.5 Å². The average molecular weight is 458 g/mol. The molecule has 2 nitrogen and oxygen atoms in total. The minimum absolute atomic E-state index is 0.437. The Labute approximate surface area is 193 Å². The quantitative estimate of drug-likeness (QED) is 0.319. The second-order valence-electron chi connectivity index (χ2n) is 7.44. The molecule has 4 aromatic carbocycles. The van der Waals surface area contributed by atoms with Gasteiger partial charge in [0.05, 0.1) is 14.2 Å². The molecular formula is C28H28O2P2. The van der Waals surface area contributed by atoms with Crippen molar-refractivity contribution in [1.82, 2.24) is 0 Å². The first-order valence-corrected chi connectivity index (χ1v) is 13.5. The summed E-state index contributed by atoms with van der Waals surface area (Å²) in [5, 5.41) is 5.98. The zero-order valence-corrected chi connectivity index (χ0v) is 20.5. The van der Waals surface area contributed by atoms with Crippen molar-refractivity contribution in [2.45, 2.75) is 12.3 Å². The maximum Gasteiger partial charge on any atom is 0.118 e. The summed E-state index contributed by atoms with van der Waals surface area (Å²) in [4.78, 5) is 0. The molecule has 2 unspecified atom stereocenters. The van der Waals surface area contributed by atoms with E-state index in [1.54, 1.807) is 14.2 Å². The standard InChI is InChI=1S/C28H28O2P2/c1-22(31(25-10-6-4-7-11-25)27-18-14-23(29-2)15-19-27)32(26-12-8-5-9-13-26)28-20-16-24(30-3)17-21-28/h4-22H,1-3H3. The second kappa shape index (κ2) is 10.8. The Morgan fingerprint density at radius 1 is 0.469 bits per heavy atom. The monoisotopic (exact) mass is 458 g/mol. The molecular weight excluding hydrogens is 430 g/mol. The number of benzene rings is 4. The fourth-order valence-electron chi connectivity index (χ4n) is 3.94. The van der Waals surface area contributed by atoms with Crippen LogP contribution in [0.3, 0.4) is 0 Å². The highest BCUT2D eigenvalue weighted by Gasteiger charge is 2.30. The molecule has 4 aromatic rings. The SMILES string of the molecule is COc1ccc(P(c2ccccc2)C(C)P(c2ccccc2)c2ccc(OC)cc2)cc1. The Bertz CT molecular complexity index is 1010. The van der Waals surface area contributed by atoms with Crippen molar-refractivity contribution in [3.05, 3.63) is 109 Å². The molecule has 0 aliphatic rings. The van der Waals surface area contributed by atoms with Crippen molar-refractivity contribution in [1.29, 1.82) is 0 Å². The van der Waals surface area contributed by atoms with Gasteiger partial charge in [0.25, 0.3) is 0 Å². The zero-order chi connectivity index (χ0) is 22.3. The van der Waals surface area contributed by atoms with Gasteiger partial charge in [-0.05, 0) is 61.3 Å². The van der Waals surface area contributed by atoms with Crippen molar-refractivity contribution < 1.29 is 9.47 Å². The first kappa shape index (κ1) is 22.5. The van der Waals surface area contributed by atoms with Gasteiger partial charge in [-0.2, -0.15) is 0 Å². The van der Waals surface area contributed by atoms with E-state index in [4.69, 9.17) is 9.47 Å². The normalized spacial score (nSPS) is 13.7. The van der Waals surface area contributed by atoms with Crippen LogP contribution >= 0.6 is 15.8 Å². The number of rotatable bonds is 8. The molecule has 0 N–H and O–H groups in total. The molecule has 0 saturated carbocycles. The van der Waals surface area contributed by atoms with Crippen LogP contribution in [0.2, 0.25) is 0 Å². The predicted molar refractivity (Wildman–Crippen MR) is 141 cm³/mol. The lowest BCUT2D eigenvalue weighted by Crippen LogP contribution is -2.25. The molecule has 0 saturated heterocycles. The van der Waals surface area contributed by atoms with E-state index in [1.807, 2.05) is 0 Å². The van der Waals surface area contributed by atoms with Crippen LogP contribution in [-0.4, -0.2) is 19.6 Å².